The molecule has 4 fully saturated rings. The molecule has 4 nitrogen and oxygen atoms in total. The molecular weight excluding hydrogens is 314 g/mol. The number of fused-ring (bicyclic) bond motifs is 1. The van der Waals surface area contributed by atoms with Crippen LogP contribution in [0.4, 0.5) is 0 Å². The van der Waals surface area contributed by atoms with E-state index in [1.807, 2.05) is 0 Å². The molecule has 6 aliphatic rings. The number of rotatable bonds is 0. The minimum atomic E-state index is -1.04. The molecule has 1 N–H and O–H groups in total. The third-order valence-electron chi connectivity index (χ3n) is 9.44. The Hall–Kier alpha value is -1.00. The first-order chi connectivity index (χ1) is 11.8. The van der Waals surface area contributed by atoms with Crippen molar-refractivity contribution in [3.63, 3.8) is 0 Å². The number of ketones is 2. The average Bonchev–Trinajstić information content (AvgIpc) is 3.15. The molecule has 2 aliphatic heterocycles. The van der Waals surface area contributed by atoms with Gasteiger partial charge in [-0.2, -0.15) is 0 Å². The van der Waals surface area contributed by atoms with Crippen LogP contribution in [0.15, 0.2) is 11.1 Å². The van der Waals surface area contributed by atoms with Crippen molar-refractivity contribution in [2.75, 3.05) is 13.1 Å². The highest BCUT2D eigenvalue weighted by Gasteiger charge is 2.76. The van der Waals surface area contributed by atoms with E-state index in [0.29, 0.717) is 36.5 Å². The summed E-state index contributed by atoms with van der Waals surface area (Å²) >= 11 is 0. The summed E-state index contributed by atoms with van der Waals surface area (Å²) in [5, 5.41) is 11.5. The minimum absolute atomic E-state index is 0.104. The van der Waals surface area contributed by atoms with E-state index in [2.05, 4.69) is 18.7 Å². The number of Topliss-reactive ketones (excluding diaryl/α,β-unsaturated/α-hetero) is 2. The summed E-state index contributed by atoms with van der Waals surface area (Å²) in [7, 11) is 0. The second kappa shape index (κ2) is 4.12. The standard InChI is InChI=1S/C21H27NO3/c1-11-9-22-10-12-3-5-20(25)8-15(23)13-4-6-21(17(13)20)18(24)14(11)7-16(22)19(12,21)2/h11-12,14,16,25H,3-10H2,1-2H3/t11-,12-,14-,16-,19-,20-,21+/m1/s1. The predicted octanol–water partition coefficient (Wildman–Crippen LogP) is 2.11. The number of carbonyl (C=O) groups is 2. The number of hydrogen-bond donors (Lipinski definition) is 1. The monoisotopic (exact) mass is 341 g/mol. The Balaban J connectivity index is 1.68. The first-order valence-electron chi connectivity index (χ1n) is 10.1. The quantitative estimate of drug-likeness (QED) is 0.733. The molecule has 4 aliphatic carbocycles. The Bertz CT molecular complexity index is 771. The van der Waals surface area contributed by atoms with Crippen LogP contribution in [0.3, 0.4) is 0 Å². The zero-order valence-electron chi connectivity index (χ0n) is 15.2. The van der Waals surface area contributed by atoms with E-state index < -0.39 is 11.0 Å². The molecule has 134 valence electrons. The van der Waals surface area contributed by atoms with Gasteiger partial charge in [-0.25, -0.2) is 0 Å². The lowest BCUT2D eigenvalue weighted by atomic mass is 9.45. The molecule has 0 aromatic carbocycles. The number of allylic oxidation sites excluding steroid dienone is 1. The number of hydrogen-bond acceptors (Lipinski definition) is 4. The zero-order chi connectivity index (χ0) is 17.4. The van der Waals surface area contributed by atoms with E-state index >= 15 is 0 Å². The molecule has 0 aromatic rings. The molecule has 0 unspecified atom stereocenters. The van der Waals surface area contributed by atoms with Gasteiger partial charge in [0, 0.05) is 36.9 Å². The first kappa shape index (κ1) is 15.1. The molecule has 2 saturated carbocycles. The average molecular weight is 341 g/mol. The predicted molar refractivity (Wildman–Crippen MR) is 91.7 cm³/mol. The molecule has 0 radical (unpaired) electrons. The Kier molecular flexibility index (Phi) is 2.49. The van der Waals surface area contributed by atoms with Gasteiger partial charge in [0.1, 0.15) is 5.78 Å². The van der Waals surface area contributed by atoms with E-state index in [-0.39, 0.29) is 23.5 Å². The van der Waals surface area contributed by atoms with Crippen LogP contribution in [0.1, 0.15) is 52.4 Å². The van der Waals surface area contributed by atoms with Crippen molar-refractivity contribution < 1.29 is 14.7 Å². The van der Waals surface area contributed by atoms with Gasteiger partial charge in [0.25, 0.3) is 0 Å². The molecule has 0 aromatic heterocycles. The Morgan fingerprint density at radius 2 is 2.00 bits per heavy atom. The van der Waals surface area contributed by atoms with Crippen LogP contribution in [0, 0.1) is 28.6 Å². The van der Waals surface area contributed by atoms with Crippen molar-refractivity contribution in [1.29, 1.82) is 0 Å². The van der Waals surface area contributed by atoms with Crippen molar-refractivity contribution >= 4 is 11.6 Å². The zero-order valence-corrected chi connectivity index (χ0v) is 15.2. The molecule has 2 heterocycles. The summed E-state index contributed by atoms with van der Waals surface area (Å²) in [5.41, 5.74) is 0.0365. The fraction of sp³-hybridized carbons (Fsp3) is 0.810. The molecule has 7 atom stereocenters. The van der Waals surface area contributed by atoms with Crippen LogP contribution in [0.25, 0.3) is 0 Å². The molecule has 4 heteroatoms. The lowest BCUT2D eigenvalue weighted by Crippen LogP contribution is -2.65. The number of nitrogens with zero attached hydrogens (tertiary/aromatic N) is 1. The summed E-state index contributed by atoms with van der Waals surface area (Å²) in [4.78, 5) is 29.3. The maximum Gasteiger partial charge on any atom is 0.162 e. The van der Waals surface area contributed by atoms with Crippen LogP contribution in [0.2, 0.25) is 0 Å². The van der Waals surface area contributed by atoms with Crippen LogP contribution >= 0.6 is 0 Å². The van der Waals surface area contributed by atoms with Crippen LogP contribution in [0.5, 0.6) is 0 Å². The van der Waals surface area contributed by atoms with Crippen molar-refractivity contribution in [3.8, 4) is 0 Å². The van der Waals surface area contributed by atoms with Gasteiger partial charge in [0.05, 0.1) is 11.0 Å². The topological polar surface area (TPSA) is 57.6 Å². The number of carbonyl (C=O) groups excluding carboxylic acids is 2. The van der Waals surface area contributed by atoms with Gasteiger partial charge in [-0.05, 0) is 55.1 Å². The van der Waals surface area contributed by atoms with Crippen LogP contribution in [-0.4, -0.2) is 46.3 Å². The first-order valence-corrected chi connectivity index (χ1v) is 10.1. The van der Waals surface area contributed by atoms with E-state index in [0.717, 1.165) is 43.5 Å². The summed E-state index contributed by atoms with van der Waals surface area (Å²) < 4.78 is 0. The normalized spacial score (nSPS) is 56.4. The van der Waals surface area contributed by atoms with Crippen LogP contribution < -0.4 is 0 Å². The van der Waals surface area contributed by atoms with E-state index in [4.69, 9.17) is 0 Å². The molecular formula is C21H27NO3. The Labute approximate surface area is 148 Å². The smallest absolute Gasteiger partial charge is 0.162 e. The number of piperidine rings is 1. The second-order valence-electron chi connectivity index (χ2n) is 10.1. The minimum Gasteiger partial charge on any atom is -0.385 e. The van der Waals surface area contributed by atoms with Crippen molar-refractivity contribution in [2.45, 2.75) is 64.0 Å². The van der Waals surface area contributed by atoms with E-state index in [9.17, 15) is 14.7 Å². The summed E-state index contributed by atoms with van der Waals surface area (Å²) in [6.45, 7) is 6.68. The third kappa shape index (κ3) is 1.34. The van der Waals surface area contributed by atoms with Gasteiger partial charge in [0.2, 0.25) is 0 Å². The Morgan fingerprint density at radius 3 is 2.80 bits per heavy atom. The summed E-state index contributed by atoms with van der Waals surface area (Å²) in [6, 6.07) is 0.446. The fourth-order valence-electron chi connectivity index (χ4n) is 8.44. The van der Waals surface area contributed by atoms with Gasteiger partial charge in [-0.15, -0.1) is 0 Å². The largest absolute Gasteiger partial charge is 0.385 e. The highest BCUT2D eigenvalue weighted by Crippen LogP contribution is 2.73. The third-order valence-corrected chi connectivity index (χ3v) is 9.44. The van der Waals surface area contributed by atoms with Crippen LogP contribution in [-0.2, 0) is 9.59 Å². The lowest BCUT2D eigenvalue weighted by Gasteiger charge is -2.60. The second-order valence-corrected chi connectivity index (χ2v) is 10.1. The number of aliphatic hydroxyl groups is 1. The summed E-state index contributed by atoms with van der Waals surface area (Å²) in [6.07, 6.45) is 4.29. The Morgan fingerprint density at radius 1 is 1.20 bits per heavy atom. The molecule has 2 saturated heterocycles. The van der Waals surface area contributed by atoms with Gasteiger partial charge in [-0.3, -0.25) is 14.5 Å². The molecule has 25 heavy (non-hydrogen) atoms. The lowest BCUT2D eigenvalue weighted by molar-refractivity contribution is -0.159. The summed E-state index contributed by atoms with van der Waals surface area (Å²) in [5.74, 6) is 1.45. The van der Waals surface area contributed by atoms with E-state index in [1.165, 1.54) is 0 Å². The molecule has 0 amide bonds. The fourth-order valence-corrected chi connectivity index (χ4v) is 8.44. The van der Waals surface area contributed by atoms with Crippen molar-refractivity contribution in [3.05, 3.63) is 11.1 Å². The highest BCUT2D eigenvalue weighted by molar-refractivity contribution is 6.06. The van der Waals surface area contributed by atoms with Crippen molar-refractivity contribution in [1.82, 2.24) is 4.90 Å². The van der Waals surface area contributed by atoms with Gasteiger partial charge >= 0.3 is 0 Å². The van der Waals surface area contributed by atoms with Gasteiger partial charge < -0.3 is 5.11 Å². The molecule has 6 rings (SSSR count). The van der Waals surface area contributed by atoms with Gasteiger partial charge in [0.15, 0.2) is 5.78 Å². The molecule has 2 bridgehead atoms. The molecule has 1 spiro atoms. The maximum atomic E-state index is 14.0. The maximum absolute atomic E-state index is 14.0. The highest BCUT2D eigenvalue weighted by atomic mass is 16.3. The van der Waals surface area contributed by atoms with Gasteiger partial charge in [-0.1, -0.05) is 13.8 Å². The van der Waals surface area contributed by atoms with E-state index in [1.54, 1.807) is 0 Å². The SMILES string of the molecule is C[C@@H]1CN2C[C@H]3CC[C@@]4(O)CC(=O)C5=C4[C@@]4(CC5)C(=O)[C@@H]1C[C@@H]2[C@@]34C. The van der Waals surface area contributed by atoms with Crippen molar-refractivity contribution in [2.24, 2.45) is 28.6 Å².